The van der Waals surface area contributed by atoms with Crippen molar-refractivity contribution in [1.82, 2.24) is 10.6 Å². The molecule has 0 spiro atoms. The lowest BCUT2D eigenvalue weighted by Gasteiger charge is -2.22. The predicted octanol–water partition coefficient (Wildman–Crippen LogP) is 1.45. The minimum atomic E-state index is 0.0553. The smallest absolute Gasteiger partial charge is 0.222 e. The number of nitrogens with one attached hydrogen (secondary N) is 2. The van der Waals surface area contributed by atoms with Crippen LogP contribution in [0.15, 0.2) is 0 Å². The normalized spacial score (nSPS) is 40.5. The van der Waals surface area contributed by atoms with Gasteiger partial charge in [0.1, 0.15) is 0 Å². The summed E-state index contributed by atoms with van der Waals surface area (Å²) < 4.78 is 0. The molecule has 0 aromatic carbocycles. The van der Waals surface area contributed by atoms with Crippen LogP contribution in [0, 0.1) is 23.7 Å². The van der Waals surface area contributed by atoms with Crippen molar-refractivity contribution in [1.29, 1.82) is 0 Å². The Morgan fingerprint density at radius 3 is 2.84 bits per heavy atom. The number of hydrogen-bond donors (Lipinski definition) is 2. The first-order chi connectivity index (χ1) is 9.13. The van der Waals surface area contributed by atoms with Gasteiger partial charge in [-0.3, -0.25) is 9.59 Å². The van der Waals surface area contributed by atoms with Crippen molar-refractivity contribution >= 4 is 11.8 Å². The maximum atomic E-state index is 11.8. The number of hydrogen-bond acceptors (Lipinski definition) is 2. The number of amides is 2. The van der Waals surface area contributed by atoms with E-state index in [0.717, 1.165) is 43.1 Å². The molecule has 4 heteroatoms. The summed E-state index contributed by atoms with van der Waals surface area (Å²) in [5.41, 5.74) is 0. The highest BCUT2D eigenvalue weighted by Gasteiger charge is 2.51. The lowest BCUT2D eigenvalue weighted by atomic mass is 10.0. The minimum absolute atomic E-state index is 0.0553. The molecule has 0 bridgehead atoms. The second kappa shape index (κ2) is 5.14. The summed E-state index contributed by atoms with van der Waals surface area (Å²) in [6, 6.07) is 0.0553. The lowest BCUT2D eigenvalue weighted by Crippen LogP contribution is -2.42. The highest BCUT2D eigenvalue weighted by Crippen LogP contribution is 2.57. The van der Waals surface area contributed by atoms with Crippen LogP contribution in [-0.2, 0) is 9.59 Å². The molecule has 0 aromatic heterocycles. The molecule has 2 aliphatic carbocycles. The highest BCUT2D eigenvalue weighted by molar-refractivity contribution is 5.80. The third-order valence-electron chi connectivity index (χ3n) is 5.01. The van der Waals surface area contributed by atoms with Gasteiger partial charge in [0.15, 0.2) is 0 Å². The van der Waals surface area contributed by atoms with Crippen LogP contribution in [0.5, 0.6) is 0 Å². The molecule has 0 radical (unpaired) electrons. The van der Waals surface area contributed by atoms with Crippen LogP contribution in [0.25, 0.3) is 0 Å². The molecular formula is C15H24N2O2. The van der Waals surface area contributed by atoms with Crippen molar-refractivity contribution in [2.24, 2.45) is 23.7 Å². The maximum Gasteiger partial charge on any atom is 0.222 e. The zero-order valence-electron chi connectivity index (χ0n) is 11.7. The largest absolute Gasteiger partial charge is 0.356 e. The Hall–Kier alpha value is -1.06. The van der Waals surface area contributed by atoms with E-state index < -0.39 is 0 Å². The fraction of sp³-hybridized carbons (Fsp3) is 0.867. The first kappa shape index (κ1) is 12.9. The van der Waals surface area contributed by atoms with E-state index in [-0.39, 0.29) is 17.9 Å². The van der Waals surface area contributed by atoms with Crippen LogP contribution < -0.4 is 10.6 Å². The summed E-state index contributed by atoms with van der Waals surface area (Å²) in [5.74, 6) is 3.66. The lowest BCUT2D eigenvalue weighted by molar-refractivity contribution is -0.125. The Labute approximate surface area is 114 Å². The van der Waals surface area contributed by atoms with Crippen molar-refractivity contribution in [3.05, 3.63) is 0 Å². The molecule has 0 aromatic rings. The Bertz CT molecular complexity index is 382. The van der Waals surface area contributed by atoms with Gasteiger partial charge in [-0.1, -0.05) is 6.92 Å². The molecule has 1 aliphatic heterocycles. The summed E-state index contributed by atoms with van der Waals surface area (Å²) >= 11 is 0. The minimum Gasteiger partial charge on any atom is -0.356 e. The van der Waals surface area contributed by atoms with Gasteiger partial charge in [-0.15, -0.1) is 0 Å². The highest BCUT2D eigenvalue weighted by atomic mass is 16.2. The van der Waals surface area contributed by atoms with Gasteiger partial charge in [-0.25, -0.2) is 0 Å². The Kier molecular flexibility index (Phi) is 3.50. The number of carbonyl (C=O) groups is 2. The van der Waals surface area contributed by atoms with Gasteiger partial charge >= 0.3 is 0 Å². The molecule has 5 unspecified atom stereocenters. The molecular weight excluding hydrogens is 240 g/mol. The van der Waals surface area contributed by atoms with Crippen LogP contribution >= 0.6 is 0 Å². The average molecular weight is 264 g/mol. The standard InChI is InChI=1S/C15H24N2O2/c1-9-5-12(9)13-6-10(13)8-16-15(19)7-11-3-2-4-14(18)17-11/h9-13H,2-8H2,1H3,(H,16,19)(H,17,18). The van der Waals surface area contributed by atoms with Gasteiger partial charge in [0.2, 0.25) is 11.8 Å². The van der Waals surface area contributed by atoms with E-state index in [0.29, 0.717) is 12.8 Å². The maximum absolute atomic E-state index is 11.8. The van der Waals surface area contributed by atoms with Gasteiger partial charge < -0.3 is 10.6 Å². The molecule has 1 heterocycles. The first-order valence-electron chi connectivity index (χ1n) is 7.69. The van der Waals surface area contributed by atoms with Crippen LogP contribution in [0.1, 0.15) is 45.4 Å². The zero-order chi connectivity index (χ0) is 13.4. The van der Waals surface area contributed by atoms with Gasteiger partial charge in [-0.05, 0) is 49.4 Å². The molecule has 4 nitrogen and oxygen atoms in total. The fourth-order valence-electron chi connectivity index (χ4n) is 3.55. The molecule has 2 N–H and O–H groups in total. The number of piperidine rings is 1. The molecule has 2 amide bonds. The van der Waals surface area contributed by atoms with Gasteiger partial charge in [0, 0.05) is 25.4 Å². The first-order valence-corrected chi connectivity index (χ1v) is 7.69. The van der Waals surface area contributed by atoms with E-state index in [1.165, 1.54) is 12.8 Å². The molecule has 106 valence electrons. The van der Waals surface area contributed by atoms with Crippen molar-refractivity contribution < 1.29 is 9.59 Å². The third kappa shape index (κ3) is 3.28. The zero-order valence-corrected chi connectivity index (χ0v) is 11.7. The van der Waals surface area contributed by atoms with Crippen LogP contribution in [-0.4, -0.2) is 24.4 Å². The third-order valence-corrected chi connectivity index (χ3v) is 5.01. The molecule has 3 fully saturated rings. The van der Waals surface area contributed by atoms with E-state index in [9.17, 15) is 9.59 Å². The second-order valence-electron chi connectivity index (χ2n) is 6.70. The average Bonchev–Trinajstić information content (AvgIpc) is 3.23. The summed E-state index contributed by atoms with van der Waals surface area (Å²) in [5, 5.41) is 5.94. The van der Waals surface area contributed by atoms with E-state index in [2.05, 4.69) is 17.6 Å². The quantitative estimate of drug-likeness (QED) is 0.789. The van der Waals surface area contributed by atoms with Crippen molar-refractivity contribution in [2.75, 3.05) is 6.54 Å². The van der Waals surface area contributed by atoms with Gasteiger partial charge in [0.05, 0.1) is 0 Å². The van der Waals surface area contributed by atoms with Crippen LogP contribution in [0.2, 0.25) is 0 Å². The monoisotopic (exact) mass is 264 g/mol. The van der Waals surface area contributed by atoms with Crippen molar-refractivity contribution in [3.63, 3.8) is 0 Å². The van der Waals surface area contributed by atoms with Crippen molar-refractivity contribution in [2.45, 2.75) is 51.5 Å². The second-order valence-corrected chi connectivity index (χ2v) is 6.70. The van der Waals surface area contributed by atoms with Gasteiger partial charge in [-0.2, -0.15) is 0 Å². The molecule has 3 rings (SSSR count). The Morgan fingerprint density at radius 1 is 1.37 bits per heavy atom. The number of rotatable bonds is 5. The van der Waals surface area contributed by atoms with E-state index in [4.69, 9.17) is 0 Å². The van der Waals surface area contributed by atoms with E-state index in [1.807, 2.05) is 0 Å². The molecule has 1 saturated heterocycles. The van der Waals surface area contributed by atoms with Gasteiger partial charge in [0.25, 0.3) is 0 Å². The summed E-state index contributed by atoms with van der Waals surface area (Å²) in [4.78, 5) is 23.1. The summed E-state index contributed by atoms with van der Waals surface area (Å²) in [6.45, 7) is 3.16. The molecule has 19 heavy (non-hydrogen) atoms. The van der Waals surface area contributed by atoms with Crippen LogP contribution in [0.3, 0.4) is 0 Å². The summed E-state index contributed by atoms with van der Waals surface area (Å²) in [7, 11) is 0. The van der Waals surface area contributed by atoms with E-state index >= 15 is 0 Å². The molecule has 5 atom stereocenters. The predicted molar refractivity (Wildman–Crippen MR) is 72.3 cm³/mol. The van der Waals surface area contributed by atoms with Crippen molar-refractivity contribution in [3.8, 4) is 0 Å². The summed E-state index contributed by atoms with van der Waals surface area (Å²) in [6.07, 6.45) is 5.60. The number of carbonyl (C=O) groups excluding carboxylic acids is 2. The van der Waals surface area contributed by atoms with Crippen LogP contribution in [0.4, 0.5) is 0 Å². The SMILES string of the molecule is CC1CC1C1CC1CNC(=O)CC1CCCC(=O)N1. The fourth-order valence-corrected chi connectivity index (χ4v) is 3.55. The Morgan fingerprint density at radius 2 is 2.16 bits per heavy atom. The Balaban J connectivity index is 1.32. The van der Waals surface area contributed by atoms with E-state index in [1.54, 1.807) is 0 Å². The topological polar surface area (TPSA) is 58.2 Å². The molecule has 2 saturated carbocycles. The molecule has 3 aliphatic rings.